The second-order valence-electron chi connectivity index (χ2n) is 9.20. The molecule has 0 unspecified atom stereocenters. The number of para-hydroxylation sites is 2. The minimum Gasteiger partial charge on any atom is -0.493 e. The number of hydrogen-bond acceptors (Lipinski definition) is 5. The molecule has 2 heterocycles. The number of rotatable bonds is 9. The van der Waals surface area contributed by atoms with Gasteiger partial charge in [0.1, 0.15) is 19.0 Å². The molecule has 0 spiro atoms. The summed E-state index contributed by atoms with van der Waals surface area (Å²) in [6, 6.07) is 14.6. The summed E-state index contributed by atoms with van der Waals surface area (Å²) < 4.78 is 24.9. The monoisotopic (exact) mass is 510 g/mol. The van der Waals surface area contributed by atoms with Crippen molar-refractivity contribution in [2.24, 2.45) is 5.92 Å². The summed E-state index contributed by atoms with van der Waals surface area (Å²) in [5, 5.41) is 2.04. The zero-order valence-corrected chi connectivity index (χ0v) is 21.6. The minimum atomic E-state index is -0.407. The van der Waals surface area contributed by atoms with Crippen LogP contribution in [0.4, 0.5) is 4.39 Å². The van der Waals surface area contributed by atoms with Crippen LogP contribution in [0.25, 0.3) is 0 Å². The Morgan fingerprint density at radius 3 is 2.53 bits per heavy atom. The molecule has 0 saturated carbocycles. The largest absolute Gasteiger partial charge is 0.493 e. The van der Waals surface area contributed by atoms with Gasteiger partial charge in [-0.1, -0.05) is 26.0 Å². The van der Waals surface area contributed by atoms with Crippen molar-refractivity contribution in [3.8, 4) is 11.5 Å². The first kappa shape index (κ1) is 25.7. The SMILES string of the molecule is COc1ccccc1OC[C@@H]1c2ccsc2CCN1C(=O)CN(CC(C)C)C(=O)c1ccc(F)cc1. The minimum absolute atomic E-state index is 0.0565. The summed E-state index contributed by atoms with van der Waals surface area (Å²) >= 11 is 1.68. The van der Waals surface area contributed by atoms with Gasteiger partial charge in [0.15, 0.2) is 11.5 Å². The first-order valence-corrected chi connectivity index (χ1v) is 12.9. The van der Waals surface area contributed by atoms with Crippen LogP contribution in [0.5, 0.6) is 11.5 Å². The highest BCUT2D eigenvalue weighted by Crippen LogP contribution is 2.35. The molecule has 4 rings (SSSR count). The topological polar surface area (TPSA) is 59.1 Å². The first-order chi connectivity index (χ1) is 17.4. The Bertz CT molecular complexity index is 1190. The fourth-order valence-electron chi connectivity index (χ4n) is 4.47. The molecule has 0 bridgehead atoms. The van der Waals surface area contributed by atoms with Gasteiger partial charge in [-0.2, -0.15) is 0 Å². The quantitative estimate of drug-likeness (QED) is 0.397. The molecule has 1 atom stereocenters. The Morgan fingerprint density at radius 2 is 1.83 bits per heavy atom. The van der Waals surface area contributed by atoms with Crippen molar-refractivity contribution in [3.63, 3.8) is 0 Å². The number of thiophene rings is 1. The van der Waals surface area contributed by atoms with Gasteiger partial charge in [0, 0.05) is 23.5 Å². The Labute approximate surface area is 215 Å². The molecule has 1 aromatic heterocycles. The number of ether oxygens (including phenoxy) is 2. The molecule has 6 nitrogen and oxygen atoms in total. The molecular weight excluding hydrogens is 479 g/mol. The average molecular weight is 511 g/mol. The van der Waals surface area contributed by atoms with E-state index in [0.717, 1.165) is 12.0 Å². The van der Waals surface area contributed by atoms with Gasteiger partial charge in [-0.15, -0.1) is 11.3 Å². The van der Waals surface area contributed by atoms with Crippen molar-refractivity contribution in [3.05, 3.63) is 81.8 Å². The van der Waals surface area contributed by atoms with Crippen LogP contribution in [0.2, 0.25) is 0 Å². The highest BCUT2D eigenvalue weighted by molar-refractivity contribution is 7.10. The lowest BCUT2D eigenvalue weighted by molar-refractivity contribution is -0.135. The lowest BCUT2D eigenvalue weighted by Gasteiger charge is -2.37. The molecule has 0 N–H and O–H groups in total. The van der Waals surface area contributed by atoms with E-state index in [2.05, 4.69) is 0 Å². The van der Waals surface area contributed by atoms with E-state index >= 15 is 0 Å². The lowest BCUT2D eigenvalue weighted by atomic mass is 10.00. The standard InChI is InChI=1S/C28H31FN2O4S/c1-19(2)16-30(28(33)20-8-10-21(29)11-9-20)17-27(32)31-14-12-26-22(13-15-36-26)23(31)18-35-25-7-5-4-6-24(25)34-3/h4-11,13,15,19,23H,12,14,16-18H2,1-3H3/t23-/m1/s1. The maximum Gasteiger partial charge on any atom is 0.254 e. The van der Waals surface area contributed by atoms with Crippen molar-refractivity contribution in [2.75, 3.05) is 33.4 Å². The molecule has 1 aliphatic rings. The van der Waals surface area contributed by atoms with Gasteiger partial charge in [-0.3, -0.25) is 9.59 Å². The van der Waals surface area contributed by atoms with Crippen molar-refractivity contribution < 1.29 is 23.5 Å². The third-order valence-corrected chi connectivity index (χ3v) is 7.17. The van der Waals surface area contributed by atoms with Crippen molar-refractivity contribution in [1.82, 2.24) is 9.80 Å². The third kappa shape index (κ3) is 5.87. The van der Waals surface area contributed by atoms with E-state index in [9.17, 15) is 14.0 Å². The molecule has 3 aromatic rings. The fraction of sp³-hybridized carbons (Fsp3) is 0.357. The Morgan fingerprint density at radius 1 is 1.11 bits per heavy atom. The number of nitrogens with zero attached hydrogens (tertiary/aromatic N) is 2. The molecule has 2 aromatic carbocycles. The molecule has 190 valence electrons. The smallest absolute Gasteiger partial charge is 0.254 e. The first-order valence-electron chi connectivity index (χ1n) is 12.0. The predicted molar refractivity (Wildman–Crippen MR) is 138 cm³/mol. The van der Waals surface area contributed by atoms with Gasteiger partial charge in [-0.25, -0.2) is 4.39 Å². The fourth-order valence-corrected chi connectivity index (χ4v) is 5.40. The summed E-state index contributed by atoms with van der Waals surface area (Å²) in [7, 11) is 1.59. The third-order valence-electron chi connectivity index (χ3n) is 6.17. The van der Waals surface area contributed by atoms with Gasteiger partial charge in [0.05, 0.1) is 13.2 Å². The van der Waals surface area contributed by atoms with Crippen LogP contribution in [-0.4, -0.2) is 55.0 Å². The number of hydrogen-bond donors (Lipinski definition) is 0. The number of amides is 2. The summed E-state index contributed by atoms with van der Waals surface area (Å²) in [5.74, 6) is 0.573. The van der Waals surface area contributed by atoms with E-state index in [1.807, 2.05) is 54.5 Å². The Kier molecular flexibility index (Phi) is 8.25. The molecule has 0 radical (unpaired) electrons. The summed E-state index contributed by atoms with van der Waals surface area (Å²) in [6.45, 7) is 5.18. The van der Waals surface area contributed by atoms with Crippen LogP contribution in [0.15, 0.2) is 60.0 Å². The van der Waals surface area contributed by atoms with Crippen LogP contribution < -0.4 is 9.47 Å². The number of fused-ring (bicyclic) bond motifs is 1. The van der Waals surface area contributed by atoms with Gasteiger partial charge >= 0.3 is 0 Å². The number of carbonyl (C=O) groups is 2. The van der Waals surface area contributed by atoms with Crippen molar-refractivity contribution >= 4 is 23.2 Å². The van der Waals surface area contributed by atoms with Gasteiger partial charge in [0.25, 0.3) is 5.91 Å². The van der Waals surface area contributed by atoms with Gasteiger partial charge < -0.3 is 19.3 Å². The van der Waals surface area contributed by atoms with Crippen LogP contribution in [0.1, 0.15) is 40.7 Å². The zero-order valence-electron chi connectivity index (χ0n) is 20.8. The van der Waals surface area contributed by atoms with Crippen molar-refractivity contribution in [2.45, 2.75) is 26.3 Å². The van der Waals surface area contributed by atoms with Crippen molar-refractivity contribution in [1.29, 1.82) is 0 Å². The van der Waals surface area contributed by atoms with E-state index in [4.69, 9.17) is 9.47 Å². The number of methoxy groups -OCH3 is 1. The second-order valence-corrected chi connectivity index (χ2v) is 10.2. The van der Waals surface area contributed by atoms with E-state index in [0.29, 0.717) is 30.2 Å². The Hall–Kier alpha value is -3.39. The average Bonchev–Trinajstić information content (AvgIpc) is 3.36. The second kappa shape index (κ2) is 11.6. The Balaban J connectivity index is 1.54. The molecular formula is C28H31FN2O4S. The predicted octanol–water partition coefficient (Wildman–Crippen LogP) is 5.20. The maximum absolute atomic E-state index is 13.7. The van der Waals surface area contributed by atoms with Gasteiger partial charge in [-0.05, 0) is 65.7 Å². The van der Waals surface area contributed by atoms with Gasteiger partial charge in [0.2, 0.25) is 5.91 Å². The molecule has 0 fully saturated rings. The lowest BCUT2D eigenvalue weighted by Crippen LogP contribution is -2.48. The molecule has 36 heavy (non-hydrogen) atoms. The highest BCUT2D eigenvalue weighted by atomic mass is 32.1. The van der Waals surface area contributed by atoms with E-state index in [1.165, 1.54) is 29.1 Å². The summed E-state index contributed by atoms with van der Waals surface area (Å²) in [5.41, 5.74) is 1.44. The molecule has 2 amide bonds. The number of halogens is 1. The highest BCUT2D eigenvalue weighted by Gasteiger charge is 2.34. The van der Waals surface area contributed by atoms with Crippen LogP contribution in [0, 0.1) is 11.7 Å². The van der Waals surface area contributed by atoms with E-state index in [1.54, 1.807) is 23.3 Å². The molecule has 0 aliphatic carbocycles. The molecule has 8 heteroatoms. The van der Waals surface area contributed by atoms with Crippen LogP contribution in [0.3, 0.4) is 0 Å². The molecule has 0 saturated heterocycles. The van der Waals surface area contributed by atoms with Crippen LogP contribution >= 0.6 is 11.3 Å². The number of benzene rings is 2. The number of carbonyl (C=O) groups excluding carboxylic acids is 2. The maximum atomic E-state index is 13.7. The molecule has 1 aliphatic heterocycles. The normalized spacial score (nSPS) is 14.9. The van der Waals surface area contributed by atoms with E-state index in [-0.39, 0.29) is 36.9 Å². The summed E-state index contributed by atoms with van der Waals surface area (Å²) in [4.78, 5) is 31.5. The van der Waals surface area contributed by atoms with Crippen LogP contribution in [-0.2, 0) is 11.2 Å². The summed E-state index contributed by atoms with van der Waals surface area (Å²) in [6.07, 6.45) is 0.764. The zero-order chi connectivity index (χ0) is 25.7. The van der Waals surface area contributed by atoms with E-state index < -0.39 is 5.82 Å².